The second-order valence-corrected chi connectivity index (χ2v) is 4.44. The molecular weight excluding hydrogens is 252 g/mol. The van der Waals surface area contributed by atoms with Gasteiger partial charge in [-0.15, -0.1) is 0 Å². The minimum Gasteiger partial charge on any atom is -0.356 e. The Labute approximate surface area is 116 Å². The maximum atomic E-state index is 11.5. The first-order valence-electron chi connectivity index (χ1n) is 6.22. The Morgan fingerprint density at radius 2 is 1.45 bits per heavy atom. The second kappa shape index (κ2) is 5.01. The van der Waals surface area contributed by atoms with Crippen molar-refractivity contribution in [3.05, 3.63) is 66.2 Å². The van der Waals surface area contributed by atoms with Gasteiger partial charge in [0.05, 0.1) is 5.57 Å². The number of nitrogens with one attached hydrogen (secondary N) is 2. The van der Waals surface area contributed by atoms with E-state index in [0.29, 0.717) is 5.57 Å². The number of amides is 2. The maximum absolute atomic E-state index is 11.5. The van der Waals surface area contributed by atoms with Crippen LogP contribution in [0.4, 0.5) is 11.4 Å². The fraction of sp³-hybridized carbons (Fsp3) is 0. The van der Waals surface area contributed by atoms with Crippen molar-refractivity contribution in [2.75, 3.05) is 5.32 Å². The van der Waals surface area contributed by atoms with Crippen molar-refractivity contribution in [3.63, 3.8) is 0 Å². The number of carbonyl (C=O) groups is 2. The molecule has 0 atom stereocenters. The minimum absolute atomic E-state index is 0.348. The van der Waals surface area contributed by atoms with Gasteiger partial charge in [0.2, 0.25) is 0 Å². The molecule has 0 radical (unpaired) electrons. The van der Waals surface area contributed by atoms with Crippen LogP contribution in [0.5, 0.6) is 0 Å². The molecule has 2 aromatic rings. The summed E-state index contributed by atoms with van der Waals surface area (Å²) in [5.74, 6) is -0.713. The maximum Gasteiger partial charge on any atom is 0.258 e. The summed E-state index contributed by atoms with van der Waals surface area (Å²) in [5, 5.41) is 5.49. The van der Waals surface area contributed by atoms with E-state index in [1.165, 1.54) is 6.08 Å². The van der Waals surface area contributed by atoms with Crippen molar-refractivity contribution in [1.82, 2.24) is 5.32 Å². The lowest BCUT2D eigenvalue weighted by molar-refractivity contribution is -0.123. The third kappa shape index (κ3) is 2.44. The third-order valence-electron chi connectivity index (χ3n) is 3.02. The van der Waals surface area contributed by atoms with Crippen molar-refractivity contribution in [2.45, 2.75) is 0 Å². The van der Waals surface area contributed by atoms with E-state index in [9.17, 15) is 9.59 Å². The van der Waals surface area contributed by atoms with Crippen LogP contribution in [0.15, 0.2) is 60.7 Å². The van der Waals surface area contributed by atoms with Crippen LogP contribution >= 0.6 is 0 Å². The highest BCUT2D eigenvalue weighted by Crippen LogP contribution is 2.22. The largest absolute Gasteiger partial charge is 0.356 e. The van der Waals surface area contributed by atoms with E-state index >= 15 is 0 Å². The molecule has 4 nitrogen and oxygen atoms in total. The Morgan fingerprint density at radius 3 is 2.05 bits per heavy atom. The molecule has 2 amide bonds. The number of imide groups is 1. The molecule has 20 heavy (non-hydrogen) atoms. The summed E-state index contributed by atoms with van der Waals surface area (Å²) in [6.45, 7) is 0. The van der Waals surface area contributed by atoms with Crippen molar-refractivity contribution in [1.29, 1.82) is 0 Å². The standard InChI is InChI=1S/C16H12N2O2/c19-15-10-14(16(20)18-15)11-6-8-13(9-7-11)17-12-4-2-1-3-5-12/h1-10,17H,(H,18,19,20). The summed E-state index contributed by atoms with van der Waals surface area (Å²) in [5.41, 5.74) is 3.05. The van der Waals surface area contributed by atoms with Gasteiger partial charge in [-0.1, -0.05) is 30.3 Å². The Bertz CT molecular complexity index is 688. The predicted octanol–water partition coefficient (Wildman–Crippen LogP) is 2.47. The molecule has 0 fully saturated rings. The Balaban J connectivity index is 1.80. The molecule has 1 aliphatic rings. The quantitative estimate of drug-likeness (QED) is 0.837. The first-order valence-corrected chi connectivity index (χ1v) is 6.22. The van der Waals surface area contributed by atoms with E-state index < -0.39 is 0 Å². The number of benzene rings is 2. The van der Waals surface area contributed by atoms with Gasteiger partial charge in [-0.3, -0.25) is 14.9 Å². The number of hydrogen-bond donors (Lipinski definition) is 2. The lowest BCUT2D eigenvalue weighted by Crippen LogP contribution is -2.21. The topological polar surface area (TPSA) is 58.2 Å². The zero-order valence-electron chi connectivity index (χ0n) is 10.6. The van der Waals surface area contributed by atoms with E-state index in [2.05, 4.69) is 10.6 Å². The SMILES string of the molecule is O=C1C=C(c2ccc(Nc3ccccc3)cc2)C(=O)N1. The fourth-order valence-electron chi connectivity index (χ4n) is 2.05. The summed E-state index contributed by atoms with van der Waals surface area (Å²) in [6, 6.07) is 17.2. The second-order valence-electron chi connectivity index (χ2n) is 4.44. The van der Waals surface area contributed by atoms with Crippen LogP contribution in [0.3, 0.4) is 0 Å². The van der Waals surface area contributed by atoms with Gasteiger partial charge in [-0.25, -0.2) is 0 Å². The first kappa shape index (κ1) is 12.2. The van der Waals surface area contributed by atoms with Gasteiger partial charge in [0.15, 0.2) is 0 Å². The lowest BCUT2D eigenvalue weighted by atomic mass is 10.1. The minimum atomic E-state index is -0.364. The zero-order chi connectivity index (χ0) is 13.9. The predicted molar refractivity (Wildman–Crippen MR) is 77.3 cm³/mol. The molecule has 0 aliphatic carbocycles. The van der Waals surface area contributed by atoms with Crippen LogP contribution in [0.2, 0.25) is 0 Å². The lowest BCUT2D eigenvalue weighted by Gasteiger charge is -2.07. The monoisotopic (exact) mass is 264 g/mol. The number of rotatable bonds is 3. The average molecular weight is 264 g/mol. The van der Waals surface area contributed by atoms with Crippen molar-refractivity contribution >= 4 is 28.8 Å². The molecule has 0 bridgehead atoms. The molecule has 1 aliphatic heterocycles. The van der Waals surface area contributed by atoms with Crippen LogP contribution in [0.25, 0.3) is 5.57 Å². The average Bonchev–Trinajstić information content (AvgIpc) is 2.80. The molecule has 0 saturated heterocycles. The van der Waals surface area contributed by atoms with E-state index in [-0.39, 0.29) is 11.8 Å². The van der Waals surface area contributed by atoms with E-state index in [1.807, 2.05) is 54.6 Å². The summed E-state index contributed by atoms with van der Waals surface area (Å²) in [4.78, 5) is 22.7. The Hall–Kier alpha value is -2.88. The molecule has 0 saturated carbocycles. The van der Waals surface area contributed by atoms with Gasteiger partial charge >= 0.3 is 0 Å². The van der Waals surface area contributed by atoms with E-state index in [4.69, 9.17) is 0 Å². The Morgan fingerprint density at radius 1 is 0.800 bits per heavy atom. The summed E-state index contributed by atoms with van der Waals surface area (Å²) in [6.07, 6.45) is 1.32. The normalized spacial score (nSPS) is 13.9. The van der Waals surface area contributed by atoms with Gasteiger partial charge in [-0.2, -0.15) is 0 Å². The molecule has 2 aromatic carbocycles. The third-order valence-corrected chi connectivity index (χ3v) is 3.02. The first-order chi connectivity index (χ1) is 9.72. The van der Waals surface area contributed by atoms with Crippen molar-refractivity contribution < 1.29 is 9.59 Å². The number of para-hydroxylation sites is 1. The van der Waals surface area contributed by atoms with Crippen LogP contribution in [0.1, 0.15) is 5.56 Å². The molecule has 2 N–H and O–H groups in total. The van der Waals surface area contributed by atoms with Crippen molar-refractivity contribution in [2.24, 2.45) is 0 Å². The molecule has 1 heterocycles. The molecule has 0 unspecified atom stereocenters. The zero-order valence-corrected chi connectivity index (χ0v) is 10.6. The molecule has 3 rings (SSSR count). The molecule has 0 spiro atoms. The van der Waals surface area contributed by atoms with Crippen LogP contribution in [-0.4, -0.2) is 11.8 Å². The summed E-state index contributed by atoms with van der Waals surface area (Å²) >= 11 is 0. The summed E-state index contributed by atoms with van der Waals surface area (Å²) in [7, 11) is 0. The van der Waals surface area contributed by atoms with Crippen LogP contribution < -0.4 is 10.6 Å². The van der Waals surface area contributed by atoms with Gasteiger partial charge in [0, 0.05) is 17.5 Å². The molecule has 0 aromatic heterocycles. The summed E-state index contributed by atoms with van der Waals surface area (Å²) < 4.78 is 0. The fourth-order valence-corrected chi connectivity index (χ4v) is 2.05. The van der Waals surface area contributed by atoms with Gasteiger partial charge in [-0.05, 0) is 29.8 Å². The van der Waals surface area contributed by atoms with Crippen LogP contribution in [-0.2, 0) is 9.59 Å². The highest BCUT2D eigenvalue weighted by atomic mass is 16.2. The molecular formula is C16H12N2O2. The van der Waals surface area contributed by atoms with E-state index in [0.717, 1.165) is 16.9 Å². The van der Waals surface area contributed by atoms with Crippen molar-refractivity contribution in [3.8, 4) is 0 Å². The Kier molecular flexibility index (Phi) is 3.05. The number of anilines is 2. The molecule has 4 heteroatoms. The van der Waals surface area contributed by atoms with E-state index in [1.54, 1.807) is 0 Å². The number of hydrogen-bond acceptors (Lipinski definition) is 3. The van der Waals surface area contributed by atoms with Gasteiger partial charge < -0.3 is 5.32 Å². The van der Waals surface area contributed by atoms with Gasteiger partial charge in [0.1, 0.15) is 0 Å². The van der Waals surface area contributed by atoms with Crippen LogP contribution in [0, 0.1) is 0 Å². The number of carbonyl (C=O) groups excluding carboxylic acids is 2. The highest BCUT2D eigenvalue weighted by molar-refractivity contribution is 6.33. The van der Waals surface area contributed by atoms with Gasteiger partial charge in [0.25, 0.3) is 11.8 Å². The highest BCUT2D eigenvalue weighted by Gasteiger charge is 2.21. The molecule has 98 valence electrons. The smallest absolute Gasteiger partial charge is 0.258 e.